The van der Waals surface area contributed by atoms with Gasteiger partial charge in [-0.15, -0.1) is 13.2 Å². The van der Waals surface area contributed by atoms with Gasteiger partial charge in [0.05, 0.1) is 5.56 Å². The molecule has 3 nitrogen and oxygen atoms in total. The zero-order chi connectivity index (χ0) is 16.3. The summed E-state index contributed by atoms with van der Waals surface area (Å²) in [7, 11) is 0. The zero-order valence-corrected chi connectivity index (χ0v) is 11.6. The molecule has 0 aromatic heterocycles. The van der Waals surface area contributed by atoms with E-state index >= 15 is 0 Å². The van der Waals surface area contributed by atoms with Gasteiger partial charge in [0, 0.05) is 0 Å². The molecule has 2 rings (SSSR count). The fourth-order valence-electron chi connectivity index (χ4n) is 2.27. The highest BCUT2D eigenvalue weighted by Crippen LogP contribution is 2.30. The topological polar surface area (TPSA) is 46.5 Å². The standard InChI is InChI=1S/C16H13F3O3/c1-2-12-13(4-3-5-14(12)15(20)21)10-6-8-11(9-7-10)22-16(17,18)19/h3-9H,2H2,1H3,(H,20,21). The summed E-state index contributed by atoms with van der Waals surface area (Å²) in [5.41, 5.74) is 2.14. The van der Waals surface area contributed by atoms with Crippen molar-refractivity contribution in [3.05, 3.63) is 53.6 Å². The van der Waals surface area contributed by atoms with Gasteiger partial charge in [-0.1, -0.05) is 31.2 Å². The Kier molecular flexibility index (Phi) is 4.40. The zero-order valence-electron chi connectivity index (χ0n) is 11.6. The Hall–Kier alpha value is -2.50. The smallest absolute Gasteiger partial charge is 0.478 e. The summed E-state index contributed by atoms with van der Waals surface area (Å²) in [5.74, 6) is -1.35. The molecule has 0 radical (unpaired) electrons. The number of carboxylic acid groups (broad SMARTS) is 1. The number of aromatic carboxylic acids is 1. The lowest BCUT2D eigenvalue weighted by Crippen LogP contribution is -2.16. The fraction of sp³-hybridized carbons (Fsp3) is 0.188. The largest absolute Gasteiger partial charge is 0.573 e. The fourth-order valence-corrected chi connectivity index (χ4v) is 2.27. The van der Waals surface area contributed by atoms with Crippen LogP contribution in [-0.2, 0) is 6.42 Å². The van der Waals surface area contributed by atoms with Gasteiger partial charge in [-0.05, 0) is 41.3 Å². The van der Waals surface area contributed by atoms with Gasteiger partial charge in [-0.3, -0.25) is 0 Å². The molecule has 0 saturated carbocycles. The van der Waals surface area contributed by atoms with E-state index < -0.39 is 12.3 Å². The van der Waals surface area contributed by atoms with Gasteiger partial charge in [0.2, 0.25) is 0 Å². The predicted molar refractivity (Wildman–Crippen MR) is 74.9 cm³/mol. The summed E-state index contributed by atoms with van der Waals surface area (Å²) < 4.78 is 40.2. The SMILES string of the molecule is CCc1c(C(=O)O)cccc1-c1ccc(OC(F)(F)F)cc1. The van der Waals surface area contributed by atoms with Crippen LogP contribution < -0.4 is 4.74 Å². The van der Waals surface area contributed by atoms with Crippen molar-refractivity contribution in [3.63, 3.8) is 0 Å². The van der Waals surface area contributed by atoms with Crippen LogP contribution in [-0.4, -0.2) is 17.4 Å². The molecule has 0 bridgehead atoms. The number of ether oxygens (including phenoxy) is 1. The number of halogens is 3. The number of hydrogen-bond donors (Lipinski definition) is 1. The molecule has 0 spiro atoms. The first kappa shape index (κ1) is 15.9. The first-order valence-corrected chi connectivity index (χ1v) is 6.53. The molecular weight excluding hydrogens is 297 g/mol. The van der Waals surface area contributed by atoms with Crippen molar-refractivity contribution >= 4 is 5.97 Å². The average Bonchev–Trinajstić information content (AvgIpc) is 2.45. The molecule has 1 N–H and O–H groups in total. The lowest BCUT2D eigenvalue weighted by Gasteiger charge is -2.13. The number of alkyl halides is 3. The minimum atomic E-state index is -4.74. The van der Waals surface area contributed by atoms with Crippen molar-refractivity contribution in [1.82, 2.24) is 0 Å². The van der Waals surface area contributed by atoms with Gasteiger partial charge in [-0.25, -0.2) is 4.79 Å². The van der Waals surface area contributed by atoms with E-state index in [-0.39, 0.29) is 11.3 Å². The summed E-state index contributed by atoms with van der Waals surface area (Å²) in [6.45, 7) is 1.83. The summed E-state index contributed by atoms with van der Waals surface area (Å²) >= 11 is 0. The van der Waals surface area contributed by atoms with Crippen molar-refractivity contribution in [2.24, 2.45) is 0 Å². The van der Waals surface area contributed by atoms with Crippen LogP contribution in [0.25, 0.3) is 11.1 Å². The van der Waals surface area contributed by atoms with E-state index in [9.17, 15) is 23.1 Å². The maximum atomic E-state index is 12.1. The highest BCUT2D eigenvalue weighted by molar-refractivity contribution is 5.92. The summed E-state index contributed by atoms with van der Waals surface area (Å²) in [6, 6.07) is 10.2. The molecule has 6 heteroatoms. The Balaban J connectivity index is 2.40. The van der Waals surface area contributed by atoms with Crippen LogP contribution in [0.5, 0.6) is 5.75 Å². The molecule has 0 heterocycles. The van der Waals surface area contributed by atoms with Crippen LogP contribution in [0.15, 0.2) is 42.5 Å². The van der Waals surface area contributed by atoms with Crippen LogP contribution in [0.3, 0.4) is 0 Å². The first-order chi connectivity index (χ1) is 10.3. The molecule has 0 aliphatic carbocycles. The molecule has 22 heavy (non-hydrogen) atoms. The Bertz CT molecular complexity index is 676. The van der Waals surface area contributed by atoms with E-state index in [4.69, 9.17) is 0 Å². The molecule has 0 aliphatic rings. The third-order valence-corrected chi connectivity index (χ3v) is 3.16. The quantitative estimate of drug-likeness (QED) is 0.903. The van der Waals surface area contributed by atoms with E-state index in [0.29, 0.717) is 23.1 Å². The molecule has 2 aromatic carbocycles. The highest BCUT2D eigenvalue weighted by atomic mass is 19.4. The Morgan fingerprint density at radius 3 is 2.27 bits per heavy atom. The lowest BCUT2D eigenvalue weighted by molar-refractivity contribution is -0.274. The van der Waals surface area contributed by atoms with Crippen LogP contribution in [0, 0.1) is 0 Å². The summed E-state index contributed by atoms with van der Waals surface area (Å²) in [6.07, 6.45) is -4.24. The molecular formula is C16H13F3O3. The number of benzene rings is 2. The molecule has 116 valence electrons. The monoisotopic (exact) mass is 310 g/mol. The van der Waals surface area contributed by atoms with Gasteiger partial charge >= 0.3 is 12.3 Å². The number of rotatable bonds is 4. The second-order valence-electron chi connectivity index (χ2n) is 4.56. The normalized spacial score (nSPS) is 11.3. The van der Waals surface area contributed by atoms with Gasteiger partial charge in [0.25, 0.3) is 0 Å². The van der Waals surface area contributed by atoms with E-state index in [2.05, 4.69) is 4.74 Å². The average molecular weight is 310 g/mol. The second kappa shape index (κ2) is 6.09. The Morgan fingerprint density at radius 1 is 1.14 bits per heavy atom. The molecule has 0 amide bonds. The molecule has 0 fully saturated rings. The van der Waals surface area contributed by atoms with Gasteiger partial charge in [0.1, 0.15) is 5.75 Å². The minimum Gasteiger partial charge on any atom is -0.478 e. The van der Waals surface area contributed by atoms with Gasteiger partial charge in [0.15, 0.2) is 0 Å². The van der Waals surface area contributed by atoms with Crippen LogP contribution >= 0.6 is 0 Å². The summed E-state index contributed by atoms with van der Waals surface area (Å²) in [4.78, 5) is 11.2. The second-order valence-corrected chi connectivity index (χ2v) is 4.56. The van der Waals surface area contributed by atoms with Gasteiger partial charge < -0.3 is 9.84 Å². The van der Waals surface area contributed by atoms with Crippen molar-refractivity contribution in [2.45, 2.75) is 19.7 Å². The lowest BCUT2D eigenvalue weighted by atomic mass is 9.94. The van der Waals surface area contributed by atoms with E-state index in [1.165, 1.54) is 30.3 Å². The third-order valence-electron chi connectivity index (χ3n) is 3.16. The highest BCUT2D eigenvalue weighted by Gasteiger charge is 2.31. The number of carboxylic acids is 1. The van der Waals surface area contributed by atoms with Crippen molar-refractivity contribution in [3.8, 4) is 16.9 Å². The molecule has 0 unspecified atom stereocenters. The number of hydrogen-bond acceptors (Lipinski definition) is 2. The maximum Gasteiger partial charge on any atom is 0.573 e. The molecule has 0 saturated heterocycles. The van der Waals surface area contributed by atoms with Crippen molar-refractivity contribution in [1.29, 1.82) is 0 Å². The minimum absolute atomic E-state index is 0.190. The molecule has 0 atom stereocenters. The Labute approximate surface area is 125 Å². The van der Waals surface area contributed by atoms with Crippen LogP contribution in [0.4, 0.5) is 13.2 Å². The van der Waals surface area contributed by atoms with Crippen molar-refractivity contribution < 1.29 is 27.8 Å². The maximum absolute atomic E-state index is 12.1. The van der Waals surface area contributed by atoms with Crippen molar-refractivity contribution in [2.75, 3.05) is 0 Å². The molecule has 0 aliphatic heterocycles. The Morgan fingerprint density at radius 2 is 1.77 bits per heavy atom. The van der Waals surface area contributed by atoms with E-state index in [0.717, 1.165) is 0 Å². The first-order valence-electron chi connectivity index (χ1n) is 6.53. The van der Waals surface area contributed by atoms with Gasteiger partial charge in [-0.2, -0.15) is 0 Å². The van der Waals surface area contributed by atoms with Crippen LogP contribution in [0.1, 0.15) is 22.8 Å². The van der Waals surface area contributed by atoms with Crippen LogP contribution in [0.2, 0.25) is 0 Å². The third kappa shape index (κ3) is 3.58. The predicted octanol–water partition coefficient (Wildman–Crippen LogP) is 4.51. The number of carbonyl (C=O) groups is 1. The van der Waals surface area contributed by atoms with E-state index in [1.54, 1.807) is 12.1 Å². The van der Waals surface area contributed by atoms with E-state index in [1.807, 2.05) is 6.92 Å². The molecule has 2 aromatic rings. The summed E-state index contributed by atoms with van der Waals surface area (Å²) in [5, 5.41) is 9.19.